The predicted octanol–water partition coefficient (Wildman–Crippen LogP) is 5.78. The van der Waals surface area contributed by atoms with E-state index >= 15 is 0 Å². The molecule has 8 heteroatoms. The van der Waals surface area contributed by atoms with E-state index in [1.54, 1.807) is 12.1 Å². The van der Waals surface area contributed by atoms with Crippen LogP contribution in [0.1, 0.15) is 21.1 Å². The summed E-state index contributed by atoms with van der Waals surface area (Å²) in [6.45, 7) is 4.31. The molecule has 5 nitrogen and oxygen atoms in total. The van der Waals surface area contributed by atoms with Crippen molar-refractivity contribution >= 4 is 33.7 Å². The maximum absolute atomic E-state index is 13.2. The molecule has 0 bridgehead atoms. The van der Waals surface area contributed by atoms with Crippen LogP contribution in [0.2, 0.25) is 0 Å². The van der Waals surface area contributed by atoms with Gasteiger partial charge in [-0.1, -0.05) is 17.7 Å². The molecule has 4 rings (SSSR count). The molecule has 0 unspecified atom stereocenters. The van der Waals surface area contributed by atoms with Gasteiger partial charge in [-0.2, -0.15) is 0 Å². The van der Waals surface area contributed by atoms with Crippen LogP contribution >= 0.6 is 22.7 Å². The number of rotatable bonds is 7. The molecule has 31 heavy (non-hydrogen) atoms. The Balaban J connectivity index is 1.33. The Morgan fingerprint density at radius 1 is 1.06 bits per heavy atom. The highest BCUT2D eigenvalue weighted by Crippen LogP contribution is 2.30. The van der Waals surface area contributed by atoms with Gasteiger partial charge in [0.1, 0.15) is 23.2 Å². The molecule has 158 valence electrons. The molecule has 0 atom stereocenters. The van der Waals surface area contributed by atoms with Crippen LogP contribution in [0.15, 0.2) is 53.9 Å². The van der Waals surface area contributed by atoms with Crippen LogP contribution in [0.3, 0.4) is 0 Å². The summed E-state index contributed by atoms with van der Waals surface area (Å²) >= 11 is 2.86. The van der Waals surface area contributed by atoms with Crippen molar-refractivity contribution in [2.45, 2.75) is 26.9 Å². The minimum absolute atomic E-state index is 0.158. The summed E-state index contributed by atoms with van der Waals surface area (Å²) in [5.41, 5.74) is 3.42. The highest BCUT2D eigenvalue weighted by molar-refractivity contribution is 7.16. The van der Waals surface area contributed by atoms with Gasteiger partial charge in [0, 0.05) is 15.8 Å². The lowest BCUT2D eigenvalue weighted by Crippen LogP contribution is -2.14. The molecule has 0 saturated carbocycles. The molecule has 0 aliphatic carbocycles. The molecular formula is C23H20FN3O2S2. The number of carbonyl (C=O) groups excluding carboxylic acids is 1. The number of halogens is 1. The quantitative estimate of drug-likeness (QED) is 0.385. The van der Waals surface area contributed by atoms with E-state index in [1.165, 1.54) is 40.4 Å². The average molecular weight is 454 g/mol. The molecule has 1 N–H and O–H groups in total. The third-order valence-corrected chi connectivity index (χ3v) is 6.24. The van der Waals surface area contributed by atoms with Crippen LogP contribution in [0, 0.1) is 19.7 Å². The first kappa shape index (κ1) is 21.1. The molecule has 2 aromatic heterocycles. The van der Waals surface area contributed by atoms with Crippen molar-refractivity contribution < 1.29 is 13.9 Å². The fourth-order valence-electron chi connectivity index (χ4n) is 2.93. The van der Waals surface area contributed by atoms with Crippen molar-refractivity contribution in [3.63, 3.8) is 0 Å². The first-order chi connectivity index (χ1) is 15.0. The Morgan fingerprint density at radius 3 is 2.55 bits per heavy atom. The van der Waals surface area contributed by atoms with E-state index < -0.39 is 0 Å². The zero-order valence-corrected chi connectivity index (χ0v) is 18.6. The largest absolute Gasteiger partial charge is 0.486 e. The van der Waals surface area contributed by atoms with Crippen LogP contribution in [-0.2, 0) is 17.8 Å². The highest BCUT2D eigenvalue weighted by atomic mass is 32.1. The molecule has 1 amide bonds. The maximum Gasteiger partial charge on any atom is 0.232 e. The fourth-order valence-corrected chi connectivity index (χ4v) is 4.49. The molecular weight excluding hydrogens is 433 g/mol. The van der Waals surface area contributed by atoms with Gasteiger partial charge in [0.25, 0.3) is 0 Å². The summed E-state index contributed by atoms with van der Waals surface area (Å²) in [5.74, 6) is 0.309. The Hall–Kier alpha value is -3.10. The van der Waals surface area contributed by atoms with E-state index in [-0.39, 0.29) is 18.1 Å². The second-order valence-electron chi connectivity index (χ2n) is 6.99. The van der Waals surface area contributed by atoms with Crippen LogP contribution in [0.5, 0.6) is 5.75 Å². The Labute approximate surface area is 187 Å². The zero-order chi connectivity index (χ0) is 21.8. The number of nitrogens with zero attached hydrogens (tertiary/aromatic N) is 2. The number of thiazole rings is 2. The number of anilines is 1. The van der Waals surface area contributed by atoms with Gasteiger partial charge in [0.05, 0.1) is 17.8 Å². The number of aromatic nitrogens is 2. The minimum atomic E-state index is -0.294. The molecule has 2 heterocycles. The van der Waals surface area contributed by atoms with Crippen LogP contribution in [-0.4, -0.2) is 15.9 Å². The molecule has 0 aliphatic rings. The number of hydrogen-bond donors (Lipinski definition) is 1. The number of carbonyl (C=O) groups is 1. The SMILES string of the molecule is Cc1ccc(OCc2nc(CC(=O)Nc3nc(-c4ccc(F)cc4)c(C)s3)cs2)cc1. The number of hydrogen-bond acceptors (Lipinski definition) is 6. The summed E-state index contributed by atoms with van der Waals surface area (Å²) in [7, 11) is 0. The van der Waals surface area contributed by atoms with Crippen molar-refractivity contribution in [2.75, 3.05) is 5.32 Å². The first-order valence-corrected chi connectivity index (χ1v) is 11.3. The van der Waals surface area contributed by atoms with E-state index in [0.29, 0.717) is 17.4 Å². The first-order valence-electron chi connectivity index (χ1n) is 9.62. The van der Waals surface area contributed by atoms with Crippen molar-refractivity contribution in [2.24, 2.45) is 0 Å². The van der Waals surface area contributed by atoms with E-state index in [0.717, 1.165) is 26.9 Å². The standard InChI is InChI=1S/C23H20FN3O2S2/c1-14-3-9-19(10-4-14)29-12-21-25-18(13-30-21)11-20(28)26-23-27-22(15(2)31-23)16-5-7-17(24)8-6-16/h3-10,13H,11-12H2,1-2H3,(H,26,27,28). The second kappa shape index (κ2) is 9.36. The van der Waals surface area contributed by atoms with Crippen LogP contribution in [0.25, 0.3) is 11.3 Å². The van der Waals surface area contributed by atoms with Gasteiger partial charge in [-0.15, -0.1) is 22.7 Å². The van der Waals surface area contributed by atoms with Crippen LogP contribution in [0.4, 0.5) is 9.52 Å². The topological polar surface area (TPSA) is 64.1 Å². The molecule has 0 radical (unpaired) electrons. The average Bonchev–Trinajstić information content (AvgIpc) is 3.34. The molecule has 4 aromatic rings. The van der Waals surface area contributed by atoms with Gasteiger partial charge < -0.3 is 10.1 Å². The molecule has 0 spiro atoms. The zero-order valence-electron chi connectivity index (χ0n) is 17.0. The number of aryl methyl sites for hydroxylation is 2. The van der Waals surface area contributed by atoms with Crippen LogP contribution < -0.4 is 10.1 Å². The third kappa shape index (κ3) is 5.53. The maximum atomic E-state index is 13.2. The fraction of sp³-hybridized carbons (Fsp3) is 0.174. The number of amides is 1. The predicted molar refractivity (Wildman–Crippen MR) is 122 cm³/mol. The Kier molecular flexibility index (Phi) is 6.39. The van der Waals surface area contributed by atoms with E-state index in [2.05, 4.69) is 15.3 Å². The van der Waals surface area contributed by atoms with E-state index in [9.17, 15) is 9.18 Å². The summed E-state index contributed by atoms with van der Waals surface area (Å²) < 4.78 is 18.9. The summed E-state index contributed by atoms with van der Waals surface area (Å²) in [6.07, 6.45) is 0.158. The lowest BCUT2D eigenvalue weighted by molar-refractivity contribution is -0.115. The van der Waals surface area contributed by atoms with E-state index in [1.807, 2.05) is 43.5 Å². The molecule has 2 aromatic carbocycles. The summed E-state index contributed by atoms with van der Waals surface area (Å²) in [5, 5.41) is 6.02. The number of benzene rings is 2. The molecule has 0 fully saturated rings. The van der Waals surface area contributed by atoms with Crippen molar-refractivity contribution in [1.82, 2.24) is 9.97 Å². The van der Waals surface area contributed by atoms with Crippen molar-refractivity contribution in [1.29, 1.82) is 0 Å². The Bertz CT molecular complexity index is 1180. The van der Waals surface area contributed by atoms with Gasteiger partial charge in [-0.05, 0) is 50.2 Å². The number of ether oxygens (including phenoxy) is 1. The number of nitrogens with one attached hydrogen (secondary N) is 1. The van der Waals surface area contributed by atoms with Crippen molar-refractivity contribution in [3.8, 4) is 17.0 Å². The third-order valence-electron chi connectivity index (χ3n) is 4.48. The van der Waals surface area contributed by atoms with Gasteiger partial charge in [-0.25, -0.2) is 14.4 Å². The Morgan fingerprint density at radius 2 is 1.81 bits per heavy atom. The molecule has 0 aliphatic heterocycles. The van der Waals surface area contributed by atoms with Gasteiger partial charge in [-0.3, -0.25) is 4.79 Å². The second-order valence-corrected chi connectivity index (χ2v) is 9.14. The smallest absolute Gasteiger partial charge is 0.232 e. The van der Waals surface area contributed by atoms with Crippen molar-refractivity contribution in [3.05, 3.63) is 80.9 Å². The monoisotopic (exact) mass is 453 g/mol. The highest BCUT2D eigenvalue weighted by Gasteiger charge is 2.14. The summed E-state index contributed by atoms with van der Waals surface area (Å²) in [6, 6.07) is 14.0. The lowest BCUT2D eigenvalue weighted by atomic mass is 10.1. The van der Waals surface area contributed by atoms with Gasteiger partial charge in [0.15, 0.2) is 5.13 Å². The summed E-state index contributed by atoms with van der Waals surface area (Å²) in [4.78, 5) is 22.4. The van der Waals surface area contributed by atoms with Gasteiger partial charge in [0.2, 0.25) is 5.91 Å². The molecule has 0 saturated heterocycles. The lowest BCUT2D eigenvalue weighted by Gasteiger charge is -2.04. The van der Waals surface area contributed by atoms with Gasteiger partial charge >= 0.3 is 0 Å². The minimum Gasteiger partial charge on any atom is -0.486 e. The normalized spacial score (nSPS) is 10.8. The van der Waals surface area contributed by atoms with E-state index in [4.69, 9.17) is 4.74 Å².